The predicted molar refractivity (Wildman–Crippen MR) is 227 cm³/mol. The van der Waals surface area contributed by atoms with Crippen molar-refractivity contribution in [1.29, 1.82) is 0 Å². The van der Waals surface area contributed by atoms with Gasteiger partial charge in [-0.15, -0.1) is 84.1 Å². The summed E-state index contributed by atoms with van der Waals surface area (Å²) < 4.78 is 95.5. The van der Waals surface area contributed by atoms with Crippen molar-refractivity contribution in [3.63, 3.8) is 0 Å². The Morgan fingerprint density at radius 1 is 0.491 bits per heavy atom. The number of fused-ring (bicyclic) bond motifs is 4. The van der Waals surface area contributed by atoms with Gasteiger partial charge in [0, 0.05) is 55.2 Å². The summed E-state index contributed by atoms with van der Waals surface area (Å²) in [6, 6.07) is 29.7. The highest BCUT2D eigenvalue weighted by Gasteiger charge is 2.85. The summed E-state index contributed by atoms with van der Waals surface area (Å²) in [6.07, 6.45) is 0. The van der Waals surface area contributed by atoms with Crippen molar-refractivity contribution in [3.05, 3.63) is 146 Å². The molecule has 5 aromatic rings. The molecule has 0 amide bonds. The van der Waals surface area contributed by atoms with Crippen LogP contribution in [0.2, 0.25) is 0 Å². The van der Waals surface area contributed by atoms with E-state index in [1.165, 1.54) is 46.2 Å². The molecule has 280 valence electrons. The normalized spacial score (nSPS) is 24.9. The van der Waals surface area contributed by atoms with Gasteiger partial charge in [0.05, 0.1) is 9.49 Å². The van der Waals surface area contributed by atoms with Crippen molar-refractivity contribution in [2.45, 2.75) is 62.7 Å². The molecule has 13 heteroatoms. The zero-order valence-electron chi connectivity index (χ0n) is 29.0. The van der Waals surface area contributed by atoms with Crippen LogP contribution in [0.5, 0.6) is 0 Å². The van der Waals surface area contributed by atoms with E-state index in [4.69, 9.17) is 0 Å². The van der Waals surface area contributed by atoms with E-state index in [1.54, 1.807) is 45.0 Å². The molecule has 4 heterocycles. The lowest BCUT2D eigenvalue weighted by atomic mass is 9.66. The van der Waals surface area contributed by atoms with Crippen molar-refractivity contribution in [2.24, 2.45) is 0 Å². The van der Waals surface area contributed by atoms with Gasteiger partial charge in [0.1, 0.15) is 0 Å². The summed E-state index contributed by atoms with van der Waals surface area (Å²) in [5.74, 6) is -16.0. The Kier molecular flexibility index (Phi) is 8.73. The lowest BCUT2D eigenvalue weighted by Gasteiger charge is -2.49. The minimum atomic E-state index is -5.68. The molecular weight excluding hydrogens is 843 g/mol. The second kappa shape index (κ2) is 12.7. The Morgan fingerprint density at radius 3 is 1.55 bits per heavy atom. The van der Waals surface area contributed by atoms with Crippen LogP contribution in [0.15, 0.2) is 145 Å². The molecule has 2 aliphatic carbocycles. The zero-order valence-corrected chi connectivity index (χ0v) is 34.9. The van der Waals surface area contributed by atoms with Crippen molar-refractivity contribution in [1.82, 2.24) is 0 Å². The summed E-state index contributed by atoms with van der Waals surface area (Å²) in [6.45, 7) is 4.96. The number of hydrogen-bond donors (Lipinski definition) is 3. The topological polar surface area (TPSA) is 0 Å². The van der Waals surface area contributed by atoms with E-state index in [2.05, 4.69) is 37.9 Å². The number of rotatable bonds is 5. The van der Waals surface area contributed by atoms with Crippen LogP contribution in [-0.4, -0.2) is 22.5 Å². The highest BCUT2D eigenvalue weighted by Crippen LogP contribution is 2.80. The number of halogens is 6. The molecule has 4 aliphatic rings. The zero-order chi connectivity index (χ0) is 39.0. The van der Waals surface area contributed by atoms with E-state index in [0.29, 0.717) is 30.0 Å². The van der Waals surface area contributed by atoms with Crippen molar-refractivity contribution < 1.29 is 26.3 Å². The minimum Gasteiger partial charge on any atom is -0.194 e. The first-order valence-corrected chi connectivity index (χ1v) is 21.6. The molecule has 9 rings (SSSR count). The monoisotopic (exact) mass is 870 g/mol. The third-order valence-corrected chi connectivity index (χ3v) is 18.0. The van der Waals surface area contributed by atoms with Gasteiger partial charge in [-0.3, -0.25) is 0 Å². The lowest BCUT2D eigenvalue weighted by Crippen LogP contribution is -2.49. The second-order valence-corrected chi connectivity index (χ2v) is 20.4. The SMILES string of the molecule is CC1=C(c2cccc(S)c2)SC2(C)C1=C1C(=C3C(C)=C(c4ccc(-c5cccc(S)c5)s4)SC32c2ccc(-c3cccc(S)c3)s2)C(F)(F)C(F)(F)C1(F)F. The molecule has 55 heavy (non-hydrogen) atoms. The average molecular weight is 871 g/mol. The third-order valence-electron chi connectivity index (χ3n) is 10.8. The number of allylic oxidation sites excluding steroid dienone is 4. The van der Waals surface area contributed by atoms with Crippen LogP contribution in [0, 0.1) is 0 Å². The molecule has 0 spiro atoms. The van der Waals surface area contributed by atoms with Gasteiger partial charge in [-0.25, -0.2) is 0 Å². The molecule has 1 fully saturated rings. The standard InChI is InChI=1S/C42H28F6S7/c1-20-32-34-35(41(45,46)42(47,48)40(34,43)44)33-21(2)37(30-14-13-28(52-30)22-7-4-10-25(49)17-22)55-39(33,31-16-15-29(53-31)23-8-5-11-26(50)18-23)38(32,3)54-36(20)24-9-6-12-27(51)19-24/h4-19,49-51H,1-3H3. The summed E-state index contributed by atoms with van der Waals surface area (Å²) >= 11 is 18.9. The molecule has 2 aliphatic heterocycles. The largest absolute Gasteiger partial charge is 0.380 e. The van der Waals surface area contributed by atoms with Crippen molar-refractivity contribution >= 4 is 93.9 Å². The smallest absolute Gasteiger partial charge is 0.194 e. The maximum Gasteiger partial charge on any atom is 0.380 e. The van der Waals surface area contributed by atoms with E-state index in [0.717, 1.165) is 30.7 Å². The fraction of sp³-hybridized carbons (Fsp3) is 0.190. The van der Waals surface area contributed by atoms with E-state index < -0.39 is 38.4 Å². The molecule has 0 bridgehead atoms. The third kappa shape index (κ3) is 5.12. The summed E-state index contributed by atoms with van der Waals surface area (Å²) in [5.41, 5.74) is 0.0139. The Morgan fingerprint density at radius 2 is 0.964 bits per heavy atom. The molecule has 2 atom stereocenters. The van der Waals surface area contributed by atoms with Gasteiger partial charge in [0.2, 0.25) is 0 Å². The lowest BCUT2D eigenvalue weighted by molar-refractivity contribution is -0.258. The highest BCUT2D eigenvalue weighted by atomic mass is 32.2. The predicted octanol–water partition coefficient (Wildman–Crippen LogP) is 14.8. The van der Waals surface area contributed by atoms with Gasteiger partial charge in [-0.1, -0.05) is 36.4 Å². The molecule has 3 aromatic carbocycles. The molecular formula is C42H28F6S7. The Hall–Kier alpha value is -2.65. The summed E-state index contributed by atoms with van der Waals surface area (Å²) in [4.78, 5) is 6.20. The highest BCUT2D eigenvalue weighted by molar-refractivity contribution is 8.14. The summed E-state index contributed by atoms with van der Waals surface area (Å²) in [7, 11) is 0. The number of alkyl halides is 6. The van der Waals surface area contributed by atoms with E-state index in [-0.39, 0.29) is 22.3 Å². The van der Waals surface area contributed by atoms with E-state index in [9.17, 15) is 0 Å². The molecule has 2 aromatic heterocycles. The van der Waals surface area contributed by atoms with Crippen LogP contribution >= 0.6 is 84.1 Å². The first kappa shape index (κ1) is 37.9. The number of thiol groups is 3. The maximum atomic E-state index is 16.7. The molecule has 0 nitrogen and oxygen atoms in total. The van der Waals surface area contributed by atoms with Crippen LogP contribution in [0.25, 0.3) is 30.7 Å². The van der Waals surface area contributed by atoms with Crippen molar-refractivity contribution in [3.8, 4) is 20.9 Å². The number of hydrogen-bond acceptors (Lipinski definition) is 7. The molecule has 2 unspecified atom stereocenters. The molecule has 1 saturated carbocycles. The second-order valence-electron chi connectivity index (χ2n) is 14.0. The van der Waals surface area contributed by atoms with Crippen molar-refractivity contribution in [2.75, 3.05) is 0 Å². The van der Waals surface area contributed by atoms with Crippen LogP contribution in [0.3, 0.4) is 0 Å². The first-order chi connectivity index (χ1) is 25.9. The van der Waals surface area contributed by atoms with Crippen LogP contribution in [-0.2, 0) is 4.75 Å². The Labute approximate surface area is 347 Å². The Bertz CT molecular complexity index is 2620. The molecule has 0 saturated heterocycles. The fourth-order valence-electron chi connectivity index (χ4n) is 8.41. The first-order valence-electron chi connectivity index (χ1n) is 17.0. The van der Waals surface area contributed by atoms with Crippen LogP contribution in [0.4, 0.5) is 26.3 Å². The fourth-order valence-corrected chi connectivity index (χ4v) is 15.3. The van der Waals surface area contributed by atoms with Crippen LogP contribution < -0.4 is 0 Å². The Balaban J connectivity index is 1.37. The van der Waals surface area contributed by atoms with Gasteiger partial charge in [-0.05, 0) is 120 Å². The van der Waals surface area contributed by atoms with Gasteiger partial charge in [0.15, 0.2) is 0 Å². The van der Waals surface area contributed by atoms with Gasteiger partial charge < -0.3 is 0 Å². The number of thioether (sulfide) groups is 2. The van der Waals surface area contributed by atoms with E-state index >= 15 is 26.3 Å². The number of thiophene rings is 2. The van der Waals surface area contributed by atoms with E-state index in [1.807, 2.05) is 72.8 Å². The minimum absolute atomic E-state index is 0.177. The van der Waals surface area contributed by atoms with Gasteiger partial charge >= 0.3 is 17.8 Å². The molecule has 0 N–H and O–H groups in total. The molecule has 0 radical (unpaired) electrons. The summed E-state index contributed by atoms with van der Waals surface area (Å²) in [5, 5.41) is 0. The quantitative estimate of drug-likeness (QED) is 0.119. The average Bonchev–Trinajstić information content (AvgIpc) is 3.94. The maximum absolute atomic E-state index is 16.7. The van der Waals surface area contributed by atoms with Crippen LogP contribution in [0.1, 0.15) is 36.1 Å². The number of benzene rings is 3. The van der Waals surface area contributed by atoms with Gasteiger partial charge in [0.25, 0.3) is 0 Å². The van der Waals surface area contributed by atoms with Gasteiger partial charge in [-0.2, -0.15) is 26.3 Å².